The Hall–Kier alpha value is -0.840. The number of benzene rings is 1. The predicted octanol–water partition coefficient (Wildman–Crippen LogP) is 3.92. The molecule has 1 aromatic heterocycles. The van der Waals surface area contributed by atoms with E-state index in [2.05, 4.69) is 70.7 Å². The Labute approximate surface area is 111 Å². The van der Waals surface area contributed by atoms with Crippen molar-refractivity contribution in [2.75, 3.05) is 4.93 Å². The fourth-order valence-electron chi connectivity index (χ4n) is 1.71. The molecule has 0 spiro atoms. The Balaban J connectivity index is 0.000000606. The van der Waals surface area contributed by atoms with E-state index in [1.165, 1.54) is 5.56 Å². The molecule has 0 amide bonds. The molecule has 0 radical (unpaired) electrons. The highest BCUT2D eigenvalue weighted by molar-refractivity contribution is 14.1. The van der Waals surface area contributed by atoms with Crippen molar-refractivity contribution in [3.8, 4) is 0 Å². The van der Waals surface area contributed by atoms with Crippen LogP contribution >= 0.6 is 22.6 Å². The van der Waals surface area contributed by atoms with Gasteiger partial charge in [-0.3, -0.25) is 0 Å². The molecule has 1 heterocycles. The summed E-state index contributed by atoms with van der Waals surface area (Å²) in [4.78, 5) is 9.41. The van der Waals surface area contributed by atoms with Crippen LogP contribution < -0.4 is 0 Å². The lowest BCUT2D eigenvalue weighted by Gasteiger charge is -2.09. The minimum absolute atomic E-state index is 0.363. The lowest BCUT2D eigenvalue weighted by molar-refractivity contribution is 0.871. The van der Waals surface area contributed by atoms with Crippen LogP contribution in [0.1, 0.15) is 29.8 Å². The molecule has 0 aliphatic rings. The zero-order chi connectivity index (χ0) is 12.0. The number of aromatic nitrogens is 2. The first kappa shape index (κ1) is 13.2. The summed E-state index contributed by atoms with van der Waals surface area (Å²) in [5.74, 6) is 0.363. The number of H-pyrrole nitrogens is 1. The van der Waals surface area contributed by atoms with Gasteiger partial charge in [0.25, 0.3) is 0 Å². The van der Waals surface area contributed by atoms with E-state index in [0.29, 0.717) is 5.92 Å². The maximum Gasteiger partial charge on any atom is 0.0925 e. The third-order valence-corrected chi connectivity index (χ3v) is 2.58. The average Bonchev–Trinajstić information content (AvgIpc) is 2.78. The van der Waals surface area contributed by atoms with E-state index in [1.54, 1.807) is 6.33 Å². The number of aromatic amines is 1. The van der Waals surface area contributed by atoms with Crippen LogP contribution in [0.3, 0.4) is 0 Å². The van der Waals surface area contributed by atoms with Crippen molar-refractivity contribution in [2.45, 2.75) is 19.8 Å². The Morgan fingerprint density at radius 2 is 1.81 bits per heavy atom. The second-order valence-electron chi connectivity index (χ2n) is 3.55. The zero-order valence-electron chi connectivity index (χ0n) is 9.87. The molecule has 0 saturated carbocycles. The van der Waals surface area contributed by atoms with Crippen molar-refractivity contribution >= 4 is 22.6 Å². The van der Waals surface area contributed by atoms with Gasteiger partial charge in [0, 0.05) is 11.6 Å². The van der Waals surface area contributed by atoms with Crippen molar-refractivity contribution in [1.29, 1.82) is 0 Å². The van der Waals surface area contributed by atoms with Gasteiger partial charge in [0.2, 0.25) is 0 Å². The minimum Gasteiger partial charge on any atom is -0.348 e. The summed E-state index contributed by atoms with van der Waals surface area (Å²) < 4.78 is 0. The maximum absolute atomic E-state index is 4.34. The summed E-state index contributed by atoms with van der Waals surface area (Å²) in [6.45, 7) is 4.24. The van der Waals surface area contributed by atoms with Crippen LogP contribution in [0.2, 0.25) is 0 Å². The molecule has 2 aromatic rings. The van der Waals surface area contributed by atoms with E-state index in [1.807, 2.05) is 11.0 Å². The molecule has 3 heteroatoms. The Morgan fingerprint density at radius 3 is 2.31 bits per heavy atom. The Bertz CT molecular complexity index is 409. The Kier molecular flexibility index (Phi) is 5.52. The van der Waals surface area contributed by atoms with Crippen LogP contribution in [0.25, 0.3) is 0 Å². The van der Waals surface area contributed by atoms with Crippen molar-refractivity contribution in [3.05, 3.63) is 53.6 Å². The highest BCUT2D eigenvalue weighted by Gasteiger charge is 2.12. The predicted molar refractivity (Wildman–Crippen MR) is 77.2 cm³/mol. The molecular formula is C13H17IN2. The minimum atomic E-state index is 0.363. The number of hydrogen-bond donors (Lipinski definition) is 1. The van der Waals surface area contributed by atoms with Gasteiger partial charge < -0.3 is 4.98 Å². The van der Waals surface area contributed by atoms with E-state index in [-0.39, 0.29) is 0 Å². The summed E-state index contributed by atoms with van der Waals surface area (Å²) in [6, 6.07) is 10.4. The molecule has 1 atom stereocenters. The number of alkyl halides is 1. The topological polar surface area (TPSA) is 28.7 Å². The van der Waals surface area contributed by atoms with Crippen LogP contribution in [0, 0.1) is 6.92 Å². The highest BCUT2D eigenvalue weighted by atomic mass is 127. The molecule has 0 aliphatic carbocycles. The number of halogens is 1. The monoisotopic (exact) mass is 328 g/mol. The first-order valence-electron chi connectivity index (χ1n) is 5.21. The Morgan fingerprint density at radius 1 is 1.19 bits per heavy atom. The molecule has 16 heavy (non-hydrogen) atoms. The first-order chi connectivity index (χ1) is 7.79. The van der Waals surface area contributed by atoms with E-state index in [9.17, 15) is 0 Å². The van der Waals surface area contributed by atoms with Gasteiger partial charge in [0.15, 0.2) is 0 Å². The maximum atomic E-state index is 4.34. The molecule has 0 saturated heterocycles. The van der Waals surface area contributed by atoms with E-state index in [0.717, 1.165) is 11.4 Å². The van der Waals surface area contributed by atoms with Crippen molar-refractivity contribution in [3.63, 3.8) is 0 Å². The molecular weight excluding hydrogens is 311 g/mol. The number of imidazole rings is 1. The molecule has 86 valence electrons. The van der Waals surface area contributed by atoms with Crippen LogP contribution in [-0.2, 0) is 0 Å². The molecule has 1 aromatic carbocycles. The lowest BCUT2D eigenvalue weighted by Crippen LogP contribution is -1.98. The van der Waals surface area contributed by atoms with E-state index in [4.69, 9.17) is 0 Å². The van der Waals surface area contributed by atoms with Crippen LogP contribution in [-0.4, -0.2) is 14.9 Å². The second kappa shape index (κ2) is 6.68. The fraction of sp³-hybridized carbons (Fsp3) is 0.308. The molecule has 0 bridgehead atoms. The standard InChI is InChI=1S/C12H14N2.CH3I/c1-9(11-6-4-3-5-7-11)12-10(2)13-8-14-12;1-2/h3-9H,1-2H3,(H,13,14);1H3. The van der Waals surface area contributed by atoms with Crippen molar-refractivity contribution in [1.82, 2.24) is 9.97 Å². The summed E-state index contributed by atoms with van der Waals surface area (Å²) in [5.41, 5.74) is 3.60. The summed E-state index contributed by atoms with van der Waals surface area (Å²) >= 11 is 2.15. The second-order valence-corrected chi connectivity index (χ2v) is 3.55. The number of aryl methyl sites for hydroxylation is 1. The van der Waals surface area contributed by atoms with Gasteiger partial charge in [0.1, 0.15) is 0 Å². The van der Waals surface area contributed by atoms with Crippen LogP contribution in [0.15, 0.2) is 36.7 Å². The number of hydrogen-bond acceptors (Lipinski definition) is 1. The molecule has 1 N–H and O–H groups in total. The number of nitrogens with zero attached hydrogens (tertiary/aromatic N) is 1. The highest BCUT2D eigenvalue weighted by Crippen LogP contribution is 2.23. The van der Waals surface area contributed by atoms with Gasteiger partial charge in [-0.05, 0) is 17.4 Å². The number of rotatable bonds is 2. The molecule has 0 fully saturated rings. The van der Waals surface area contributed by atoms with Gasteiger partial charge >= 0.3 is 0 Å². The SMILES string of the molecule is CI.Cc1[nH]cnc1C(C)c1ccccc1. The van der Waals surface area contributed by atoms with Gasteiger partial charge in [-0.2, -0.15) is 0 Å². The van der Waals surface area contributed by atoms with E-state index >= 15 is 0 Å². The fourth-order valence-corrected chi connectivity index (χ4v) is 1.71. The van der Waals surface area contributed by atoms with Gasteiger partial charge in [-0.1, -0.05) is 59.8 Å². The largest absolute Gasteiger partial charge is 0.348 e. The summed E-state index contributed by atoms with van der Waals surface area (Å²) in [6.07, 6.45) is 1.75. The van der Waals surface area contributed by atoms with Gasteiger partial charge in [-0.15, -0.1) is 0 Å². The van der Waals surface area contributed by atoms with Gasteiger partial charge in [-0.25, -0.2) is 4.98 Å². The summed E-state index contributed by atoms with van der Waals surface area (Å²) in [5, 5.41) is 0. The smallest absolute Gasteiger partial charge is 0.0925 e. The summed E-state index contributed by atoms with van der Waals surface area (Å²) in [7, 11) is 0. The van der Waals surface area contributed by atoms with Gasteiger partial charge in [0.05, 0.1) is 12.0 Å². The molecule has 1 unspecified atom stereocenters. The molecule has 2 nitrogen and oxygen atoms in total. The number of nitrogens with one attached hydrogen (secondary N) is 1. The quantitative estimate of drug-likeness (QED) is 0.657. The first-order valence-corrected chi connectivity index (χ1v) is 7.37. The average molecular weight is 328 g/mol. The van der Waals surface area contributed by atoms with Crippen molar-refractivity contribution < 1.29 is 0 Å². The zero-order valence-corrected chi connectivity index (χ0v) is 12.0. The lowest BCUT2D eigenvalue weighted by atomic mass is 9.97. The molecule has 2 rings (SSSR count). The third-order valence-electron chi connectivity index (χ3n) is 2.58. The third kappa shape index (κ3) is 3.07. The molecule has 0 aliphatic heterocycles. The van der Waals surface area contributed by atoms with Crippen molar-refractivity contribution in [2.24, 2.45) is 0 Å². The van der Waals surface area contributed by atoms with Crippen LogP contribution in [0.5, 0.6) is 0 Å². The van der Waals surface area contributed by atoms with E-state index < -0.39 is 0 Å². The van der Waals surface area contributed by atoms with Crippen LogP contribution in [0.4, 0.5) is 0 Å². The normalized spacial score (nSPS) is 11.5.